The van der Waals surface area contributed by atoms with E-state index >= 15 is 0 Å². The maximum absolute atomic E-state index is 13.1. The van der Waals surface area contributed by atoms with Crippen LogP contribution < -0.4 is 11.1 Å². The fraction of sp³-hybridized carbons (Fsp3) is 0.611. The van der Waals surface area contributed by atoms with Gasteiger partial charge in [-0.15, -0.1) is 12.4 Å². The van der Waals surface area contributed by atoms with Crippen molar-refractivity contribution in [2.24, 2.45) is 11.7 Å². The summed E-state index contributed by atoms with van der Waals surface area (Å²) in [7, 11) is 0. The quantitative estimate of drug-likeness (QED) is 0.803. The fourth-order valence-electron chi connectivity index (χ4n) is 4.23. The first-order valence-corrected chi connectivity index (χ1v) is 9.22. The Morgan fingerprint density at radius 1 is 1.26 bits per heavy atom. The van der Waals surface area contributed by atoms with Gasteiger partial charge in [-0.25, -0.2) is 0 Å². The van der Waals surface area contributed by atoms with Crippen molar-refractivity contribution in [3.63, 3.8) is 0 Å². The second-order valence-electron chi connectivity index (χ2n) is 6.81. The van der Waals surface area contributed by atoms with Gasteiger partial charge < -0.3 is 11.1 Å². The molecule has 1 amide bonds. The molecule has 2 atom stereocenters. The number of carbonyl (C=O) groups is 1. The zero-order valence-electron chi connectivity index (χ0n) is 13.4. The van der Waals surface area contributed by atoms with Crippen molar-refractivity contribution in [1.82, 2.24) is 5.32 Å². The molecule has 1 aromatic carbocycles. The summed E-state index contributed by atoms with van der Waals surface area (Å²) in [5, 5.41) is 3.35. The van der Waals surface area contributed by atoms with Gasteiger partial charge in [-0.05, 0) is 55.8 Å². The normalized spacial score (nSPS) is 25.8. The minimum atomic E-state index is -0.342. The monoisotopic (exact) mass is 400 g/mol. The molecule has 2 unspecified atom stereocenters. The Balaban J connectivity index is 0.00000192. The lowest BCUT2D eigenvalue weighted by Gasteiger charge is -2.31. The van der Waals surface area contributed by atoms with E-state index in [1.165, 1.54) is 6.42 Å². The average molecular weight is 402 g/mol. The zero-order chi connectivity index (χ0) is 15.6. The van der Waals surface area contributed by atoms with E-state index in [1.807, 2.05) is 12.1 Å². The first-order valence-electron chi connectivity index (χ1n) is 8.43. The average Bonchev–Trinajstić information content (AvgIpc) is 3.16. The third-order valence-electron chi connectivity index (χ3n) is 5.55. The molecule has 0 saturated heterocycles. The second kappa shape index (κ2) is 8.00. The molecule has 0 aromatic heterocycles. The van der Waals surface area contributed by atoms with Gasteiger partial charge in [0, 0.05) is 10.5 Å². The van der Waals surface area contributed by atoms with Crippen molar-refractivity contribution in [3.8, 4) is 0 Å². The largest absolute Gasteiger partial charge is 0.352 e. The second-order valence-corrected chi connectivity index (χ2v) is 7.72. The van der Waals surface area contributed by atoms with Crippen LogP contribution in [0.15, 0.2) is 28.7 Å². The summed E-state index contributed by atoms with van der Waals surface area (Å²) < 4.78 is 1.05. The molecule has 2 saturated carbocycles. The molecule has 5 heteroatoms. The van der Waals surface area contributed by atoms with E-state index in [9.17, 15) is 4.79 Å². The lowest BCUT2D eigenvalue weighted by Crippen LogP contribution is -2.49. The van der Waals surface area contributed by atoms with Gasteiger partial charge in [0.25, 0.3) is 0 Å². The Morgan fingerprint density at radius 2 is 2.00 bits per heavy atom. The van der Waals surface area contributed by atoms with Crippen LogP contribution in [-0.2, 0) is 10.2 Å². The maximum atomic E-state index is 13.1. The molecule has 3 N–H and O–H groups in total. The van der Waals surface area contributed by atoms with Crippen LogP contribution in [0.4, 0.5) is 0 Å². The summed E-state index contributed by atoms with van der Waals surface area (Å²) in [4.78, 5) is 13.1. The van der Waals surface area contributed by atoms with Crippen LogP contribution in [0.2, 0.25) is 0 Å². The van der Waals surface area contributed by atoms with E-state index in [-0.39, 0.29) is 29.8 Å². The highest BCUT2D eigenvalue weighted by Gasteiger charge is 2.44. The number of carbonyl (C=O) groups excluding carboxylic acids is 1. The molecular weight excluding hydrogens is 376 g/mol. The summed E-state index contributed by atoms with van der Waals surface area (Å²) in [5.74, 6) is 0.665. The molecule has 23 heavy (non-hydrogen) atoms. The highest BCUT2D eigenvalue weighted by molar-refractivity contribution is 9.10. The van der Waals surface area contributed by atoms with Crippen LogP contribution in [0.1, 0.15) is 50.5 Å². The Labute approximate surface area is 153 Å². The molecule has 0 aliphatic heterocycles. The van der Waals surface area contributed by atoms with Crippen LogP contribution >= 0.6 is 28.3 Å². The molecule has 2 aliphatic rings. The first kappa shape index (κ1) is 18.8. The Bertz CT molecular complexity index is 546. The van der Waals surface area contributed by atoms with Crippen LogP contribution in [0, 0.1) is 5.92 Å². The molecule has 128 valence electrons. The summed E-state index contributed by atoms with van der Waals surface area (Å²) in [6.45, 7) is 0.675. The molecule has 0 radical (unpaired) electrons. The molecule has 2 aliphatic carbocycles. The van der Waals surface area contributed by atoms with Gasteiger partial charge in [-0.3, -0.25) is 4.79 Å². The van der Waals surface area contributed by atoms with Crippen LogP contribution in [0.25, 0.3) is 0 Å². The lowest BCUT2D eigenvalue weighted by atomic mass is 9.77. The number of benzene rings is 1. The van der Waals surface area contributed by atoms with E-state index in [0.717, 1.165) is 48.6 Å². The molecule has 0 heterocycles. The standard InChI is InChI=1S/C18H25BrN2O.ClH/c19-15-7-4-6-14(11-15)18(9-1-2-10-18)17(22)21-16-8-3-5-13(16)12-20;/h4,6-7,11,13,16H,1-3,5,8-10,12,20H2,(H,21,22);1H. The van der Waals surface area contributed by atoms with E-state index in [4.69, 9.17) is 5.73 Å². The number of amides is 1. The summed E-state index contributed by atoms with van der Waals surface area (Å²) in [5.41, 5.74) is 6.67. The Morgan fingerprint density at radius 3 is 2.65 bits per heavy atom. The van der Waals surface area contributed by atoms with Gasteiger partial charge in [0.15, 0.2) is 0 Å². The van der Waals surface area contributed by atoms with Gasteiger partial charge in [-0.1, -0.05) is 47.3 Å². The number of hydrogen-bond acceptors (Lipinski definition) is 2. The van der Waals surface area contributed by atoms with Crippen molar-refractivity contribution in [1.29, 1.82) is 0 Å². The van der Waals surface area contributed by atoms with E-state index < -0.39 is 0 Å². The lowest BCUT2D eigenvalue weighted by molar-refractivity contribution is -0.127. The van der Waals surface area contributed by atoms with E-state index in [1.54, 1.807) is 0 Å². The van der Waals surface area contributed by atoms with Gasteiger partial charge in [0.2, 0.25) is 5.91 Å². The maximum Gasteiger partial charge on any atom is 0.230 e. The summed E-state index contributed by atoms with van der Waals surface area (Å²) >= 11 is 3.54. The number of halogens is 2. The van der Waals surface area contributed by atoms with E-state index in [0.29, 0.717) is 12.5 Å². The van der Waals surface area contributed by atoms with Crippen molar-refractivity contribution in [2.75, 3.05) is 6.54 Å². The van der Waals surface area contributed by atoms with Crippen molar-refractivity contribution in [3.05, 3.63) is 34.3 Å². The molecule has 3 rings (SSSR count). The Hall–Kier alpha value is -0.580. The minimum absolute atomic E-state index is 0. The molecule has 3 nitrogen and oxygen atoms in total. The fourth-order valence-corrected chi connectivity index (χ4v) is 4.63. The SMILES string of the molecule is Cl.NCC1CCCC1NC(=O)C1(c2cccc(Br)c2)CCCC1. The zero-order valence-corrected chi connectivity index (χ0v) is 15.8. The van der Waals surface area contributed by atoms with Crippen molar-refractivity contribution >= 4 is 34.2 Å². The minimum Gasteiger partial charge on any atom is -0.352 e. The number of hydrogen-bond donors (Lipinski definition) is 2. The third kappa shape index (κ3) is 3.75. The molecule has 0 spiro atoms. The predicted molar refractivity (Wildman–Crippen MR) is 99.9 cm³/mol. The number of nitrogens with one attached hydrogen (secondary N) is 1. The van der Waals surface area contributed by atoms with Crippen molar-refractivity contribution < 1.29 is 4.79 Å². The van der Waals surface area contributed by atoms with Crippen molar-refractivity contribution in [2.45, 2.75) is 56.4 Å². The molecule has 2 fully saturated rings. The summed E-state index contributed by atoms with van der Waals surface area (Å²) in [6.07, 6.45) is 7.56. The van der Waals surface area contributed by atoms with Gasteiger partial charge in [0.05, 0.1) is 5.41 Å². The topological polar surface area (TPSA) is 55.1 Å². The number of nitrogens with two attached hydrogens (primary N) is 1. The van der Waals surface area contributed by atoms with Crippen LogP contribution in [0.3, 0.4) is 0 Å². The van der Waals surface area contributed by atoms with Crippen LogP contribution in [0.5, 0.6) is 0 Å². The third-order valence-corrected chi connectivity index (χ3v) is 6.04. The predicted octanol–water partition coefficient (Wildman–Crippen LogP) is 3.93. The molecule has 0 bridgehead atoms. The first-order chi connectivity index (χ1) is 10.7. The molecular formula is C18H26BrClN2O. The van der Waals surface area contributed by atoms with Gasteiger partial charge in [-0.2, -0.15) is 0 Å². The van der Waals surface area contributed by atoms with Gasteiger partial charge >= 0.3 is 0 Å². The smallest absolute Gasteiger partial charge is 0.230 e. The molecule has 1 aromatic rings. The van der Waals surface area contributed by atoms with E-state index in [2.05, 4.69) is 33.4 Å². The Kier molecular flexibility index (Phi) is 6.52. The van der Waals surface area contributed by atoms with Gasteiger partial charge in [0.1, 0.15) is 0 Å². The number of rotatable bonds is 4. The highest BCUT2D eigenvalue weighted by Crippen LogP contribution is 2.42. The highest BCUT2D eigenvalue weighted by atomic mass is 79.9. The summed E-state index contributed by atoms with van der Waals surface area (Å²) in [6, 6.07) is 8.53. The van der Waals surface area contributed by atoms with Crippen LogP contribution in [-0.4, -0.2) is 18.5 Å².